The first-order valence-electron chi connectivity index (χ1n) is 12.3. The molecule has 12 heteroatoms. The fraction of sp³-hybridized carbons (Fsp3) is 0.296. The molecule has 3 aromatic rings. The van der Waals surface area contributed by atoms with Crippen molar-refractivity contribution in [3.63, 3.8) is 0 Å². The van der Waals surface area contributed by atoms with E-state index in [4.69, 9.17) is 5.73 Å². The highest BCUT2D eigenvalue weighted by Crippen LogP contribution is 2.08. The third-order valence-corrected chi connectivity index (χ3v) is 6.34. The van der Waals surface area contributed by atoms with Crippen LogP contribution in [-0.2, 0) is 38.4 Å². The summed E-state index contributed by atoms with van der Waals surface area (Å²) in [4.78, 5) is 58.1. The number of carbonyl (C=O) groups is 4. The lowest BCUT2D eigenvalue weighted by Crippen LogP contribution is -2.58. The molecule has 0 bridgehead atoms. The quantitative estimate of drug-likeness (QED) is 0.140. The van der Waals surface area contributed by atoms with E-state index in [-0.39, 0.29) is 25.0 Å². The number of benzene rings is 2. The number of H-pyrrole nitrogens is 1. The van der Waals surface area contributed by atoms with Gasteiger partial charge in [-0.05, 0) is 11.1 Å². The molecule has 4 atom stereocenters. The molecule has 0 radical (unpaired) electrons. The van der Waals surface area contributed by atoms with Crippen LogP contribution in [0, 0.1) is 0 Å². The SMILES string of the molecule is N[C@@H](CS)C(=O)N[C@@H](Cc1c[nH]cn1)C(=O)N[C@@H](Cc1ccccc1)C(=O)N[C@@H](Cc1ccccc1)C(=O)O. The zero-order chi connectivity index (χ0) is 28.2. The molecule has 0 aliphatic rings. The second-order valence-corrected chi connectivity index (χ2v) is 9.32. The number of aromatic amines is 1. The van der Waals surface area contributed by atoms with E-state index in [1.54, 1.807) is 54.7 Å². The van der Waals surface area contributed by atoms with Crippen LogP contribution in [0.4, 0.5) is 0 Å². The van der Waals surface area contributed by atoms with E-state index in [0.717, 1.165) is 11.1 Å². The van der Waals surface area contributed by atoms with E-state index in [1.807, 2.05) is 12.1 Å². The predicted octanol–water partition coefficient (Wildman–Crippen LogP) is 0.234. The lowest BCUT2D eigenvalue weighted by Gasteiger charge is -2.25. The van der Waals surface area contributed by atoms with Gasteiger partial charge in [0.05, 0.1) is 18.1 Å². The van der Waals surface area contributed by atoms with Gasteiger partial charge in [-0.1, -0.05) is 60.7 Å². The van der Waals surface area contributed by atoms with Crippen molar-refractivity contribution in [1.29, 1.82) is 0 Å². The Balaban J connectivity index is 1.81. The number of hydrogen-bond acceptors (Lipinski definition) is 7. The molecule has 0 fully saturated rings. The number of thiol groups is 1. The number of aromatic nitrogens is 2. The molecule has 3 amide bonds. The predicted molar refractivity (Wildman–Crippen MR) is 148 cm³/mol. The summed E-state index contributed by atoms with van der Waals surface area (Å²) in [5.74, 6) is -3.05. The summed E-state index contributed by atoms with van der Waals surface area (Å²) in [6, 6.07) is 13.5. The Morgan fingerprint density at radius 1 is 0.795 bits per heavy atom. The third kappa shape index (κ3) is 9.27. The van der Waals surface area contributed by atoms with Crippen LogP contribution in [0.5, 0.6) is 0 Å². The van der Waals surface area contributed by atoms with Crippen LogP contribution >= 0.6 is 12.6 Å². The van der Waals surface area contributed by atoms with E-state index in [1.165, 1.54) is 6.33 Å². The molecule has 0 saturated heterocycles. The van der Waals surface area contributed by atoms with Gasteiger partial charge >= 0.3 is 5.97 Å². The van der Waals surface area contributed by atoms with Crippen LogP contribution in [0.15, 0.2) is 73.2 Å². The Morgan fingerprint density at radius 2 is 1.28 bits per heavy atom. The first-order valence-corrected chi connectivity index (χ1v) is 13.0. The average molecular weight is 553 g/mol. The number of carbonyl (C=O) groups excluding carboxylic acids is 3. The molecule has 2 aromatic carbocycles. The summed E-state index contributed by atoms with van der Waals surface area (Å²) < 4.78 is 0. The maximum atomic E-state index is 13.4. The van der Waals surface area contributed by atoms with Crippen LogP contribution in [0.3, 0.4) is 0 Å². The minimum absolute atomic E-state index is 0.0335. The monoisotopic (exact) mass is 552 g/mol. The van der Waals surface area contributed by atoms with Gasteiger partial charge in [0.2, 0.25) is 17.7 Å². The maximum Gasteiger partial charge on any atom is 0.326 e. The molecule has 0 spiro atoms. The highest BCUT2D eigenvalue weighted by Gasteiger charge is 2.31. The fourth-order valence-corrected chi connectivity index (χ4v) is 4.00. The molecular formula is C27H32N6O5S. The van der Waals surface area contributed by atoms with Gasteiger partial charge in [0.1, 0.15) is 18.1 Å². The van der Waals surface area contributed by atoms with E-state index in [9.17, 15) is 24.3 Å². The van der Waals surface area contributed by atoms with Crippen molar-refractivity contribution in [2.24, 2.45) is 5.73 Å². The molecule has 39 heavy (non-hydrogen) atoms. The number of aliphatic carboxylic acids is 1. The van der Waals surface area contributed by atoms with Gasteiger partial charge in [0.15, 0.2) is 0 Å². The number of amides is 3. The number of carboxylic acids is 1. The largest absolute Gasteiger partial charge is 0.480 e. The Kier molecular flexibility index (Phi) is 11.1. The zero-order valence-corrected chi connectivity index (χ0v) is 22.0. The number of nitrogens with two attached hydrogens (primary N) is 1. The first-order chi connectivity index (χ1) is 18.8. The number of nitrogens with one attached hydrogen (secondary N) is 4. The normalized spacial score (nSPS) is 13.9. The third-order valence-electron chi connectivity index (χ3n) is 5.95. The highest BCUT2D eigenvalue weighted by atomic mass is 32.1. The second kappa shape index (κ2) is 14.7. The summed E-state index contributed by atoms with van der Waals surface area (Å²) in [6.07, 6.45) is 3.21. The Morgan fingerprint density at radius 3 is 1.77 bits per heavy atom. The van der Waals surface area contributed by atoms with Gasteiger partial charge in [-0.2, -0.15) is 12.6 Å². The van der Waals surface area contributed by atoms with Crippen molar-refractivity contribution >= 4 is 36.3 Å². The molecule has 0 aliphatic heterocycles. The Labute approximate surface area is 231 Å². The van der Waals surface area contributed by atoms with Crippen molar-refractivity contribution < 1.29 is 24.3 Å². The molecule has 7 N–H and O–H groups in total. The van der Waals surface area contributed by atoms with Crippen molar-refractivity contribution in [1.82, 2.24) is 25.9 Å². The van der Waals surface area contributed by atoms with Crippen LogP contribution in [-0.4, -0.2) is 68.7 Å². The number of hydrogen-bond donors (Lipinski definition) is 7. The van der Waals surface area contributed by atoms with Gasteiger partial charge in [-0.25, -0.2) is 9.78 Å². The molecule has 3 rings (SSSR count). The standard InChI is InChI=1S/C27H32N6O5S/c28-20(15-39)24(34)31-22(13-19-14-29-16-30-19)26(36)32-21(11-17-7-3-1-4-8-17)25(35)33-23(27(37)38)12-18-9-5-2-6-10-18/h1-10,14,16,20-23,39H,11-13,15,28H2,(H,29,30)(H,31,34)(H,32,36)(H,33,35)(H,37,38)/t20-,21-,22-,23-/m0/s1. The van der Waals surface area contributed by atoms with Crippen molar-refractivity contribution in [2.45, 2.75) is 43.4 Å². The summed E-state index contributed by atoms with van der Waals surface area (Å²) in [5.41, 5.74) is 7.76. The lowest BCUT2D eigenvalue weighted by atomic mass is 10.0. The van der Waals surface area contributed by atoms with E-state index < -0.39 is 47.9 Å². The van der Waals surface area contributed by atoms with Gasteiger partial charge in [-0.3, -0.25) is 14.4 Å². The number of nitrogens with zero attached hydrogens (tertiary/aromatic N) is 1. The van der Waals surface area contributed by atoms with Gasteiger partial charge < -0.3 is 31.8 Å². The molecule has 11 nitrogen and oxygen atoms in total. The van der Waals surface area contributed by atoms with Gasteiger partial charge in [0, 0.05) is 31.2 Å². The summed E-state index contributed by atoms with van der Waals surface area (Å²) >= 11 is 4.04. The molecule has 1 aromatic heterocycles. The topological polar surface area (TPSA) is 179 Å². The first kappa shape index (κ1) is 29.4. The van der Waals surface area contributed by atoms with E-state index in [0.29, 0.717) is 5.69 Å². The summed E-state index contributed by atoms with van der Waals surface area (Å²) in [7, 11) is 0. The van der Waals surface area contributed by atoms with Crippen molar-refractivity contribution in [3.05, 3.63) is 90.0 Å². The smallest absolute Gasteiger partial charge is 0.326 e. The number of carboxylic acid groups (broad SMARTS) is 1. The van der Waals surface area contributed by atoms with Crippen LogP contribution in [0.2, 0.25) is 0 Å². The van der Waals surface area contributed by atoms with Gasteiger partial charge in [-0.15, -0.1) is 0 Å². The highest BCUT2D eigenvalue weighted by molar-refractivity contribution is 7.80. The van der Waals surface area contributed by atoms with Crippen LogP contribution in [0.1, 0.15) is 16.8 Å². The van der Waals surface area contributed by atoms with E-state index >= 15 is 0 Å². The van der Waals surface area contributed by atoms with Crippen LogP contribution < -0.4 is 21.7 Å². The van der Waals surface area contributed by atoms with Crippen LogP contribution in [0.25, 0.3) is 0 Å². The lowest BCUT2D eigenvalue weighted by molar-refractivity contribution is -0.142. The maximum absolute atomic E-state index is 13.4. The fourth-order valence-electron chi connectivity index (χ4n) is 3.84. The summed E-state index contributed by atoms with van der Waals surface area (Å²) in [5, 5.41) is 17.6. The number of rotatable bonds is 14. The zero-order valence-electron chi connectivity index (χ0n) is 21.1. The molecule has 0 aliphatic carbocycles. The average Bonchev–Trinajstić information content (AvgIpc) is 3.45. The number of imidazole rings is 1. The second-order valence-electron chi connectivity index (χ2n) is 8.95. The molecule has 1 heterocycles. The Bertz CT molecular complexity index is 1230. The summed E-state index contributed by atoms with van der Waals surface area (Å²) in [6.45, 7) is 0. The minimum Gasteiger partial charge on any atom is -0.480 e. The van der Waals surface area contributed by atoms with E-state index in [2.05, 4.69) is 38.5 Å². The minimum atomic E-state index is -1.22. The van der Waals surface area contributed by atoms with Gasteiger partial charge in [0.25, 0.3) is 0 Å². The molecule has 0 saturated carbocycles. The molecule has 206 valence electrons. The Hall–Kier alpha value is -4.16. The molecule has 0 unspecified atom stereocenters. The van der Waals surface area contributed by atoms with Crippen molar-refractivity contribution in [3.8, 4) is 0 Å². The molecular weight excluding hydrogens is 520 g/mol. The van der Waals surface area contributed by atoms with Crippen molar-refractivity contribution in [2.75, 3.05) is 5.75 Å².